The molecule has 3 aliphatic heterocycles. The van der Waals surface area contributed by atoms with E-state index in [4.69, 9.17) is 17.2 Å². The highest BCUT2D eigenvalue weighted by Crippen LogP contribution is 2.27. The highest BCUT2D eigenvalue weighted by Gasteiger charge is 2.41. The number of carbonyl (C=O) groups excluding carboxylic acids is 14. The lowest BCUT2D eigenvalue weighted by Crippen LogP contribution is -2.62. The van der Waals surface area contributed by atoms with Gasteiger partial charge in [0.15, 0.2) is 0 Å². The van der Waals surface area contributed by atoms with Gasteiger partial charge in [-0.15, -0.1) is 0 Å². The first-order valence-electron chi connectivity index (χ1n) is 25.4. The zero-order valence-electron chi connectivity index (χ0n) is 44.0. The summed E-state index contributed by atoms with van der Waals surface area (Å²) in [5.74, 6) is -14.6. The standard InChI is InChI=1S/C49H69N13O15S2/c1-5-25(4)41-48(76)55-28(12-13-35(50)64)43(71)57-31(19-36(51)65)44(72)59-33(49(77)61-16-6-7-34(61)47(75)58-29(17-24(2)3)42(70)53-20-37(52)66)23-79-78-22-32(54-38(67)21-62-39(68)14-15-40(62)69)46(74)56-30(45(73)60-41)18-26-8-10-27(63)11-9-26/h8-11,14-15,24-25,28-34,41,63H,5-7,12-13,16-23H2,1-4H3,(H2,50,64)(H2,51,65)(H2,52,66)(H,53,70)(H,54,67)(H,55,76)(H,56,74)(H,57,71)(H,58,75)(H,59,72)(H,60,73)/t25-,28-,29-,30-,31-,32-,33-,34-,41?/m0/s1. The van der Waals surface area contributed by atoms with E-state index in [9.17, 15) is 72.2 Å². The van der Waals surface area contributed by atoms with Gasteiger partial charge in [-0.3, -0.25) is 72.0 Å². The maximum Gasteiger partial charge on any atom is 0.254 e. The lowest BCUT2D eigenvalue weighted by molar-refractivity contribution is -0.142. The first kappa shape index (κ1) is 63.8. The lowest BCUT2D eigenvalue weighted by atomic mass is 9.96. The van der Waals surface area contributed by atoms with Crippen molar-refractivity contribution in [3.63, 3.8) is 0 Å². The van der Waals surface area contributed by atoms with Crippen LogP contribution in [0.3, 0.4) is 0 Å². The van der Waals surface area contributed by atoms with Crippen molar-refractivity contribution >= 4 is 104 Å². The van der Waals surface area contributed by atoms with E-state index in [1.54, 1.807) is 27.7 Å². The van der Waals surface area contributed by atoms with Crippen molar-refractivity contribution < 1.29 is 72.2 Å². The summed E-state index contributed by atoms with van der Waals surface area (Å²) in [6.45, 7) is 5.50. The van der Waals surface area contributed by atoms with Crippen LogP contribution in [0.15, 0.2) is 36.4 Å². The number of amides is 14. The van der Waals surface area contributed by atoms with Crippen molar-refractivity contribution in [2.45, 2.75) is 127 Å². The van der Waals surface area contributed by atoms with Crippen LogP contribution in [0.5, 0.6) is 5.75 Å². The van der Waals surface area contributed by atoms with E-state index in [1.807, 2.05) is 0 Å². The lowest BCUT2D eigenvalue weighted by Gasteiger charge is -2.31. The minimum atomic E-state index is -1.84. The molecular weight excluding hydrogens is 1070 g/mol. The largest absolute Gasteiger partial charge is 0.508 e. The third-order valence-corrected chi connectivity index (χ3v) is 15.2. The van der Waals surface area contributed by atoms with Crippen molar-refractivity contribution in [2.75, 3.05) is 31.1 Å². The van der Waals surface area contributed by atoms with Gasteiger partial charge in [0.1, 0.15) is 60.6 Å². The van der Waals surface area contributed by atoms with Crippen LogP contribution in [0, 0.1) is 11.8 Å². The summed E-state index contributed by atoms with van der Waals surface area (Å²) in [5.41, 5.74) is 16.6. The van der Waals surface area contributed by atoms with Crippen LogP contribution < -0.4 is 59.7 Å². The number of rotatable bonds is 20. The van der Waals surface area contributed by atoms with Gasteiger partial charge >= 0.3 is 0 Å². The molecular formula is C49H69N13O15S2. The Hall–Kier alpha value is -7.76. The normalized spacial score (nSPS) is 23.5. The van der Waals surface area contributed by atoms with Gasteiger partial charge in [-0.05, 0) is 55.2 Å². The second kappa shape index (κ2) is 30.4. The fourth-order valence-electron chi connectivity index (χ4n) is 8.41. The fourth-order valence-corrected chi connectivity index (χ4v) is 10.7. The fraction of sp³-hybridized carbons (Fsp3) is 0.551. The summed E-state index contributed by atoms with van der Waals surface area (Å²) in [6.07, 6.45) is 0.577. The Labute approximate surface area is 462 Å². The van der Waals surface area contributed by atoms with Crippen LogP contribution >= 0.6 is 21.6 Å². The average molecular weight is 1140 g/mol. The summed E-state index contributed by atoms with van der Waals surface area (Å²) in [4.78, 5) is 190. The number of carbonyl (C=O) groups is 14. The molecule has 2 saturated heterocycles. The van der Waals surface area contributed by atoms with Gasteiger partial charge in [0.05, 0.1) is 13.0 Å². The molecule has 4 rings (SSSR count). The average Bonchev–Trinajstić information content (AvgIpc) is 4.02. The Bertz CT molecular complexity index is 2520. The number of imide groups is 1. The van der Waals surface area contributed by atoms with E-state index in [-0.39, 0.29) is 61.8 Å². The molecule has 79 heavy (non-hydrogen) atoms. The predicted octanol–water partition coefficient (Wildman–Crippen LogP) is -4.53. The van der Waals surface area contributed by atoms with Gasteiger partial charge in [0.2, 0.25) is 70.9 Å². The van der Waals surface area contributed by atoms with E-state index >= 15 is 0 Å². The van der Waals surface area contributed by atoms with Gasteiger partial charge in [-0.2, -0.15) is 0 Å². The van der Waals surface area contributed by atoms with Gasteiger partial charge in [-0.25, -0.2) is 0 Å². The topological polar surface area (TPSA) is 440 Å². The van der Waals surface area contributed by atoms with Gasteiger partial charge < -0.3 is 69.7 Å². The number of nitrogens with zero attached hydrogens (tertiary/aromatic N) is 2. The number of phenolic OH excluding ortho intramolecular Hbond substituents is 1. The Morgan fingerprint density at radius 3 is 1.96 bits per heavy atom. The Balaban J connectivity index is 1.80. The number of likely N-dealkylation sites (tertiary alicyclic amines) is 1. The van der Waals surface area contributed by atoms with Gasteiger partial charge in [-0.1, -0.05) is 67.8 Å². The van der Waals surface area contributed by atoms with E-state index < -0.39 is 169 Å². The molecule has 1 aromatic carbocycles. The number of hydrogen-bond acceptors (Lipinski definition) is 17. The minimum Gasteiger partial charge on any atom is -0.508 e. The molecule has 0 spiro atoms. The minimum absolute atomic E-state index is 0.0329. The molecule has 2 fully saturated rings. The predicted molar refractivity (Wildman–Crippen MR) is 284 cm³/mol. The second-order valence-electron chi connectivity index (χ2n) is 19.5. The smallest absolute Gasteiger partial charge is 0.254 e. The zero-order valence-corrected chi connectivity index (χ0v) is 45.7. The molecule has 14 amide bonds. The Morgan fingerprint density at radius 2 is 1.35 bits per heavy atom. The molecule has 0 bridgehead atoms. The van der Waals surface area contributed by atoms with Gasteiger partial charge in [0, 0.05) is 43.0 Å². The number of nitrogens with one attached hydrogen (secondary N) is 8. The molecule has 15 N–H and O–H groups in total. The molecule has 3 heterocycles. The van der Waals surface area contributed by atoms with Crippen LogP contribution in [0.1, 0.15) is 78.2 Å². The van der Waals surface area contributed by atoms with Gasteiger partial charge in [0.25, 0.3) is 11.8 Å². The third kappa shape index (κ3) is 19.9. The zero-order chi connectivity index (χ0) is 58.7. The molecule has 432 valence electrons. The Kier molecular flexibility index (Phi) is 24.5. The van der Waals surface area contributed by atoms with E-state index in [1.165, 1.54) is 24.3 Å². The van der Waals surface area contributed by atoms with Crippen LogP contribution in [-0.4, -0.2) is 177 Å². The molecule has 0 radical (unpaired) electrons. The second-order valence-corrected chi connectivity index (χ2v) is 22.1. The Morgan fingerprint density at radius 1 is 0.747 bits per heavy atom. The summed E-state index contributed by atoms with van der Waals surface area (Å²) in [7, 11) is 1.74. The van der Waals surface area contributed by atoms with E-state index in [0.29, 0.717) is 10.5 Å². The SMILES string of the molecule is CC[C@H](C)C1NC(=O)[C@H](Cc2ccc(O)cc2)NC(=O)[C@@H](NC(=O)CN2C(=O)C=CC2=O)CSSC[C@@H](C(=O)N2CCC[C@H]2C(=O)N[C@@H](CC(C)C)C(=O)NCC(N)=O)NC(=O)[C@H](CC(N)=O)NC(=O)[C@H](CCC(N)=O)NC1=O. The van der Waals surface area contributed by atoms with E-state index in [0.717, 1.165) is 38.6 Å². The van der Waals surface area contributed by atoms with E-state index in [2.05, 4.69) is 42.5 Å². The summed E-state index contributed by atoms with van der Waals surface area (Å²) < 4.78 is 0. The molecule has 0 aliphatic carbocycles. The monoisotopic (exact) mass is 1140 g/mol. The summed E-state index contributed by atoms with van der Waals surface area (Å²) in [5, 5.41) is 30.1. The number of primary amides is 3. The maximum absolute atomic E-state index is 14.8. The first-order chi connectivity index (χ1) is 37.3. The van der Waals surface area contributed by atoms with Crippen LogP contribution in [0.25, 0.3) is 0 Å². The van der Waals surface area contributed by atoms with Crippen LogP contribution in [0.4, 0.5) is 0 Å². The molecule has 9 atom stereocenters. The molecule has 1 unspecified atom stereocenters. The van der Waals surface area contributed by atoms with Crippen LogP contribution in [0.2, 0.25) is 0 Å². The number of phenols is 1. The van der Waals surface area contributed by atoms with Crippen molar-refractivity contribution in [1.82, 2.24) is 52.3 Å². The summed E-state index contributed by atoms with van der Waals surface area (Å²) in [6, 6.07) is -6.46. The highest BCUT2D eigenvalue weighted by molar-refractivity contribution is 8.76. The van der Waals surface area contributed by atoms with Crippen molar-refractivity contribution in [3.05, 3.63) is 42.0 Å². The highest BCUT2D eigenvalue weighted by atomic mass is 33.1. The maximum atomic E-state index is 14.8. The van der Waals surface area contributed by atoms with Crippen molar-refractivity contribution in [3.8, 4) is 5.75 Å². The van der Waals surface area contributed by atoms with Crippen LogP contribution in [-0.2, 0) is 73.5 Å². The number of hydrogen-bond donors (Lipinski definition) is 12. The molecule has 1 aromatic rings. The summed E-state index contributed by atoms with van der Waals surface area (Å²) >= 11 is 0. The number of benzene rings is 1. The quantitative estimate of drug-likeness (QED) is 0.0432. The molecule has 3 aliphatic rings. The number of aromatic hydroxyl groups is 1. The first-order valence-corrected chi connectivity index (χ1v) is 27.9. The third-order valence-electron chi connectivity index (χ3n) is 12.8. The van der Waals surface area contributed by atoms with Crippen molar-refractivity contribution in [2.24, 2.45) is 29.0 Å². The molecule has 28 nitrogen and oxygen atoms in total. The molecule has 0 saturated carbocycles. The molecule has 30 heteroatoms. The number of nitrogens with two attached hydrogens (primary N) is 3. The van der Waals surface area contributed by atoms with Crippen molar-refractivity contribution in [1.29, 1.82) is 0 Å². The molecule has 0 aromatic heterocycles.